The third-order valence-electron chi connectivity index (χ3n) is 3.95. The van der Waals surface area contributed by atoms with Crippen LogP contribution in [-0.2, 0) is 7.05 Å². The molecule has 0 atom stereocenters. The molecule has 8 heteroatoms. The van der Waals surface area contributed by atoms with E-state index in [-0.39, 0.29) is 5.91 Å². The van der Waals surface area contributed by atoms with Gasteiger partial charge in [0, 0.05) is 32.4 Å². The number of hydrogen-bond donors (Lipinski definition) is 3. The van der Waals surface area contributed by atoms with Crippen molar-refractivity contribution in [2.75, 3.05) is 17.7 Å². The Morgan fingerprint density at radius 3 is 2.63 bits per heavy atom. The summed E-state index contributed by atoms with van der Waals surface area (Å²) >= 11 is 0. The van der Waals surface area contributed by atoms with E-state index in [9.17, 15) is 10.1 Å². The van der Waals surface area contributed by atoms with E-state index in [4.69, 9.17) is 0 Å². The van der Waals surface area contributed by atoms with Crippen LogP contribution in [0.5, 0.6) is 0 Å². The molecule has 2 aromatic heterocycles. The van der Waals surface area contributed by atoms with E-state index >= 15 is 0 Å². The number of rotatable bonds is 5. The highest BCUT2D eigenvalue weighted by molar-refractivity contribution is 6.00. The zero-order valence-corrected chi connectivity index (χ0v) is 15.2. The van der Waals surface area contributed by atoms with E-state index in [1.807, 2.05) is 26.1 Å². The fraction of sp³-hybridized carbons (Fsp3) is 0.158. The molecule has 3 N–H and O–H groups in total. The number of para-hydroxylation sites is 1. The normalized spacial score (nSPS) is 10.1. The molecule has 2 heterocycles. The molecule has 0 aliphatic heterocycles. The number of carbonyl (C=O) groups excluding carboxylic acids is 1. The molecular weight excluding hydrogens is 342 g/mol. The lowest BCUT2D eigenvalue weighted by atomic mass is 10.1. The van der Waals surface area contributed by atoms with E-state index in [2.05, 4.69) is 32.1 Å². The number of benzene rings is 1. The van der Waals surface area contributed by atoms with Crippen LogP contribution in [0.4, 0.5) is 23.0 Å². The average Bonchev–Trinajstić information content (AvgIpc) is 2.98. The molecule has 136 valence electrons. The van der Waals surface area contributed by atoms with Crippen LogP contribution in [0.3, 0.4) is 0 Å². The van der Waals surface area contributed by atoms with Crippen molar-refractivity contribution in [3.8, 4) is 6.07 Å². The van der Waals surface area contributed by atoms with Crippen LogP contribution in [0, 0.1) is 18.3 Å². The summed E-state index contributed by atoms with van der Waals surface area (Å²) in [4.78, 5) is 16.4. The average molecular weight is 361 g/mol. The van der Waals surface area contributed by atoms with Crippen LogP contribution in [0.2, 0.25) is 0 Å². The Balaban J connectivity index is 1.95. The van der Waals surface area contributed by atoms with Gasteiger partial charge >= 0.3 is 0 Å². The number of aromatic nitrogens is 3. The zero-order valence-electron chi connectivity index (χ0n) is 15.2. The van der Waals surface area contributed by atoms with Gasteiger partial charge in [-0.3, -0.25) is 9.48 Å². The van der Waals surface area contributed by atoms with Crippen LogP contribution in [0.25, 0.3) is 0 Å². The number of carbonyl (C=O) groups is 1. The first-order valence-corrected chi connectivity index (χ1v) is 8.27. The molecule has 3 rings (SSSR count). The summed E-state index contributed by atoms with van der Waals surface area (Å²) in [6.45, 7) is 1.90. The van der Waals surface area contributed by atoms with Gasteiger partial charge in [0.15, 0.2) is 0 Å². The molecule has 27 heavy (non-hydrogen) atoms. The Hall–Kier alpha value is -3.86. The maximum Gasteiger partial charge on any atom is 0.253 e. The molecule has 0 saturated heterocycles. The van der Waals surface area contributed by atoms with Gasteiger partial charge in [-0.05, 0) is 19.1 Å². The summed E-state index contributed by atoms with van der Waals surface area (Å²) in [5, 5.41) is 22.6. The summed E-state index contributed by atoms with van der Waals surface area (Å²) in [6.07, 6.45) is 1.48. The van der Waals surface area contributed by atoms with Crippen molar-refractivity contribution < 1.29 is 4.79 Å². The molecule has 1 amide bonds. The van der Waals surface area contributed by atoms with Crippen molar-refractivity contribution in [2.45, 2.75) is 6.92 Å². The first-order valence-electron chi connectivity index (χ1n) is 8.27. The molecule has 0 bridgehead atoms. The first kappa shape index (κ1) is 17.9. The molecule has 0 radical (unpaired) electrons. The lowest BCUT2D eigenvalue weighted by molar-refractivity contribution is 0.0964. The van der Waals surface area contributed by atoms with Crippen molar-refractivity contribution in [2.24, 2.45) is 7.05 Å². The van der Waals surface area contributed by atoms with Crippen molar-refractivity contribution in [3.05, 3.63) is 59.4 Å². The molecule has 8 nitrogen and oxygen atoms in total. The molecule has 0 spiro atoms. The topological polar surface area (TPSA) is 108 Å². The van der Waals surface area contributed by atoms with Gasteiger partial charge < -0.3 is 16.0 Å². The number of amides is 1. The number of aryl methyl sites for hydroxylation is 2. The second-order valence-electron chi connectivity index (χ2n) is 5.90. The maximum atomic E-state index is 12.1. The quantitative estimate of drug-likeness (QED) is 0.645. The van der Waals surface area contributed by atoms with Gasteiger partial charge in [-0.25, -0.2) is 4.98 Å². The zero-order chi connectivity index (χ0) is 19.4. The monoisotopic (exact) mass is 361 g/mol. The summed E-state index contributed by atoms with van der Waals surface area (Å²) in [5.41, 5.74) is 2.88. The minimum atomic E-state index is -0.214. The van der Waals surface area contributed by atoms with E-state index in [0.717, 1.165) is 11.5 Å². The largest absolute Gasteiger partial charge is 0.355 e. The SMILES string of the molecule is CNC(=O)c1ccccc1Nc1cc(Nc2cc(C)nn2C)ncc1C#N. The molecule has 0 unspecified atom stereocenters. The number of anilines is 4. The van der Waals surface area contributed by atoms with Gasteiger partial charge in [0.05, 0.1) is 28.2 Å². The molecule has 3 aromatic rings. The van der Waals surface area contributed by atoms with E-state index in [1.165, 1.54) is 6.20 Å². The van der Waals surface area contributed by atoms with Crippen LogP contribution < -0.4 is 16.0 Å². The Morgan fingerprint density at radius 2 is 1.96 bits per heavy atom. The van der Waals surface area contributed by atoms with Gasteiger partial charge in [-0.15, -0.1) is 0 Å². The highest BCUT2D eigenvalue weighted by Crippen LogP contribution is 2.26. The first-order chi connectivity index (χ1) is 13.0. The summed E-state index contributed by atoms with van der Waals surface area (Å²) in [5.74, 6) is 1.12. The van der Waals surface area contributed by atoms with Gasteiger partial charge in [-0.1, -0.05) is 12.1 Å². The lowest BCUT2D eigenvalue weighted by Crippen LogP contribution is -2.19. The molecule has 0 saturated carbocycles. The molecule has 0 aliphatic rings. The van der Waals surface area contributed by atoms with Crippen LogP contribution in [-0.4, -0.2) is 27.7 Å². The number of nitrogens with zero attached hydrogens (tertiary/aromatic N) is 4. The van der Waals surface area contributed by atoms with E-state index in [1.54, 1.807) is 36.0 Å². The molecule has 1 aromatic carbocycles. The molecular formula is C19H19N7O. The Kier molecular flexibility index (Phi) is 5.04. The minimum absolute atomic E-state index is 0.214. The van der Waals surface area contributed by atoms with Crippen molar-refractivity contribution in [3.63, 3.8) is 0 Å². The number of nitrogens with one attached hydrogen (secondary N) is 3. The van der Waals surface area contributed by atoms with Gasteiger partial charge in [0.2, 0.25) is 0 Å². The van der Waals surface area contributed by atoms with Gasteiger partial charge in [0.1, 0.15) is 17.7 Å². The summed E-state index contributed by atoms with van der Waals surface area (Å²) in [6, 6.07) is 12.8. The smallest absolute Gasteiger partial charge is 0.253 e. The summed E-state index contributed by atoms with van der Waals surface area (Å²) in [7, 11) is 3.40. The van der Waals surface area contributed by atoms with Crippen molar-refractivity contribution >= 4 is 28.9 Å². The third-order valence-corrected chi connectivity index (χ3v) is 3.95. The van der Waals surface area contributed by atoms with Crippen LogP contribution in [0.15, 0.2) is 42.6 Å². The standard InChI is InChI=1S/C19H19N7O/c1-12-8-18(26(3)25-12)24-17-9-16(13(10-20)11-22-17)23-15-7-5-4-6-14(15)19(27)21-2/h4-9,11H,1-3H3,(H,21,27)(H2,22,23,24). The number of nitriles is 1. The maximum absolute atomic E-state index is 12.1. The Labute approximate surface area is 156 Å². The number of pyridine rings is 1. The predicted molar refractivity (Wildman–Crippen MR) is 103 cm³/mol. The van der Waals surface area contributed by atoms with E-state index < -0.39 is 0 Å². The highest BCUT2D eigenvalue weighted by Gasteiger charge is 2.12. The van der Waals surface area contributed by atoms with Gasteiger partial charge in [0.25, 0.3) is 5.91 Å². The highest BCUT2D eigenvalue weighted by atomic mass is 16.1. The lowest BCUT2D eigenvalue weighted by Gasteiger charge is -2.13. The van der Waals surface area contributed by atoms with Crippen molar-refractivity contribution in [1.82, 2.24) is 20.1 Å². The Morgan fingerprint density at radius 1 is 1.19 bits per heavy atom. The fourth-order valence-electron chi connectivity index (χ4n) is 2.64. The Bertz CT molecular complexity index is 1030. The second-order valence-corrected chi connectivity index (χ2v) is 5.90. The van der Waals surface area contributed by atoms with Crippen LogP contribution >= 0.6 is 0 Å². The predicted octanol–water partition coefficient (Wildman–Crippen LogP) is 2.84. The number of hydrogen-bond acceptors (Lipinski definition) is 6. The van der Waals surface area contributed by atoms with Gasteiger partial charge in [-0.2, -0.15) is 10.4 Å². The van der Waals surface area contributed by atoms with E-state index in [0.29, 0.717) is 28.3 Å². The third kappa shape index (κ3) is 3.88. The minimum Gasteiger partial charge on any atom is -0.355 e. The van der Waals surface area contributed by atoms with Crippen LogP contribution in [0.1, 0.15) is 21.6 Å². The molecule has 0 fully saturated rings. The fourth-order valence-corrected chi connectivity index (χ4v) is 2.64. The van der Waals surface area contributed by atoms with Crippen molar-refractivity contribution in [1.29, 1.82) is 5.26 Å². The second kappa shape index (κ2) is 7.58. The molecule has 0 aliphatic carbocycles. The summed E-state index contributed by atoms with van der Waals surface area (Å²) < 4.78 is 1.71.